The van der Waals surface area contributed by atoms with Gasteiger partial charge in [0.1, 0.15) is 6.10 Å². The molecule has 0 amide bonds. The van der Waals surface area contributed by atoms with Gasteiger partial charge in [-0.2, -0.15) is 0 Å². The molecular weight excluding hydrogens is 617 g/mol. The summed E-state index contributed by atoms with van der Waals surface area (Å²) in [6, 6.07) is 0. The number of esters is 1. The van der Waals surface area contributed by atoms with E-state index in [-0.39, 0.29) is 51.2 Å². The summed E-state index contributed by atoms with van der Waals surface area (Å²) in [7, 11) is 0. The Bertz CT molecular complexity index is 1120. The van der Waals surface area contributed by atoms with E-state index in [9.17, 15) is 15.0 Å². The van der Waals surface area contributed by atoms with Crippen LogP contribution in [-0.4, -0.2) is 34.0 Å². The Morgan fingerprint density at radius 2 is 1.24 bits per heavy atom. The summed E-state index contributed by atoms with van der Waals surface area (Å²) in [5, 5.41) is 23.4. The minimum absolute atomic E-state index is 0.00886. The number of unbranched alkanes of at least 4 members (excludes halogenated alkanes) is 12. The van der Waals surface area contributed by atoms with E-state index < -0.39 is 5.60 Å². The first kappa shape index (κ1) is 40.6. The molecule has 5 fully saturated rings. The Kier molecular flexibility index (Phi) is 12.7. The van der Waals surface area contributed by atoms with E-state index in [4.69, 9.17) is 4.74 Å². The molecule has 5 aliphatic rings. The summed E-state index contributed by atoms with van der Waals surface area (Å²) in [6.45, 7) is 21.3. The fraction of sp³-hybridized carbons (Fsp3) is 0.978. The molecule has 0 bridgehead atoms. The molecule has 50 heavy (non-hydrogen) atoms. The van der Waals surface area contributed by atoms with Gasteiger partial charge in [0, 0.05) is 11.8 Å². The number of aliphatic hydroxyl groups is 2. The lowest BCUT2D eigenvalue weighted by Crippen LogP contribution is -2.68. The minimum atomic E-state index is -0.714. The molecule has 290 valence electrons. The zero-order valence-corrected chi connectivity index (χ0v) is 34.5. The van der Waals surface area contributed by atoms with E-state index in [0.717, 1.165) is 44.9 Å². The van der Waals surface area contributed by atoms with Gasteiger partial charge in [0.15, 0.2) is 0 Å². The number of hydrogen-bond donors (Lipinski definition) is 2. The largest absolute Gasteiger partial charge is 0.462 e. The fourth-order valence-electron chi connectivity index (χ4n) is 14.5. The van der Waals surface area contributed by atoms with Crippen LogP contribution in [0.2, 0.25) is 0 Å². The Morgan fingerprint density at radius 1 is 0.680 bits per heavy atom. The maximum atomic E-state index is 13.2. The molecule has 0 heterocycles. The van der Waals surface area contributed by atoms with Crippen LogP contribution in [0, 0.1) is 56.7 Å². The van der Waals surface area contributed by atoms with Gasteiger partial charge in [-0.3, -0.25) is 4.79 Å². The molecule has 2 N–H and O–H groups in total. The second-order valence-electron chi connectivity index (χ2n) is 21.0. The normalized spacial score (nSPS) is 42.3. The van der Waals surface area contributed by atoms with Crippen LogP contribution in [0.4, 0.5) is 0 Å². The molecule has 0 aromatic rings. The van der Waals surface area contributed by atoms with Gasteiger partial charge in [0.05, 0.1) is 11.7 Å². The molecule has 0 radical (unpaired) electrons. The summed E-state index contributed by atoms with van der Waals surface area (Å²) < 4.78 is 6.40. The van der Waals surface area contributed by atoms with Gasteiger partial charge < -0.3 is 14.9 Å². The second kappa shape index (κ2) is 15.6. The molecule has 0 aromatic carbocycles. The Balaban J connectivity index is 1.14. The van der Waals surface area contributed by atoms with Crippen LogP contribution >= 0.6 is 0 Å². The molecule has 11 atom stereocenters. The van der Waals surface area contributed by atoms with Gasteiger partial charge in [-0.1, -0.05) is 126 Å². The first-order valence-electron chi connectivity index (χ1n) is 22.1. The standard InChI is InChI=1S/C46H82O4/c1-10-11-12-13-14-15-16-17-18-19-20-21-22-23-39(48)50-38-28-30-43(6)35(41(38,2)3)27-31-45(8)36(43)25-24-34-40-33(42(4,5)49)26-29-44(40,7)37(47)32-46(34,45)9/h33-38,40,47,49H,10-32H2,1-9H3. The van der Waals surface area contributed by atoms with Crippen LogP contribution in [0.1, 0.15) is 210 Å². The van der Waals surface area contributed by atoms with Crippen LogP contribution in [-0.2, 0) is 9.53 Å². The van der Waals surface area contributed by atoms with Crippen molar-refractivity contribution in [3.8, 4) is 0 Å². The number of rotatable bonds is 16. The lowest BCUT2D eigenvalue weighted by Gasteiger charge is -2.73. The maximum absolute atomic E-state index is 13.2. The first-order chi connectivity index (χ1) is 23.5. The highest BCUT2D eigenvalue weighted by Gasteiger charge is 2.72. The number of carbonyl (C=O) groups excluding carboxylic acids is 1. The van der Waals surface area contributed by atoms with Gasteiger partial charge in [0.2, 0.25) is 0 Å². The Morgan fingerprint density at radius 3 is 1.82 bits per heavy atom. The van der Waals surface area contributed by atoms with Crippen molar-refractivity contribution in [2.75, 3.05) is 0 Å². The SMILES string of the molecule is CCCCCCCCCCCCCCCC(=O)OC1CCC2(C)C(CCC3(C)C2CCC2C4C(C(C)(C)O)CCC4(C)C(O)CC23C)C1(C)C. The molecule has 5 saturated carbocycles. The predicted octanol–water partition coefficient (Wildman–Crippen LogP) is 12.2. The zero-order valence-electron chi connectivity index (χ0n) is 34.5. The predicted molar refractivity (Wildman–Crippen MR) is 208 cm³/mol. The molecule has 0 spiro atoms. The van der Waals surface area contributed by atoms with E-state index in [1.807, 2.05) is 13.8 Å². The van der Waals surface area contributed by atoms with Gasteiger partial charge in [0.25, 0.3) is 0 Å². The van der Waals surface area contributed by atoms with Crippen molar-refractivity contribution < 1.29 is 19.7 Å². The summed E-state index contributed by atoms with van der Waals surface area (Å²) in [6.07, 6.45) is 27.3. The highest BCUT2D eigenvalue weighted by Crippen LogP contribution is 2.77. The lowest BCUT2D eigenvalue weighted by molar-refractivity contribution is -0.267. The lowest BCUT2D eigenvalue weighted by atomic mass is 9.32. The molecule has 0 saturated heterocycles. The molecule has 4 heteroatoms. The van der Waals surface area contributed by atoms with Gasteiger partial charge in [-0.15, -0.1) is 0 Å². The maximum Gasteiger partial charge on any atom is 0.306 e. The average Bonchev–Trinajstić information content (AvgIpc) is 3.41. The highest BCUT2D eigenvalue weighted by molar-refractivity contribution is 5.69. The molecule has 5 rings (SSSR count). The third kappa shape index (κ3) is 7.40. The number of hydrogen-bond acceptors (Lipinski definition) is 4. The number of carbonyl (C=O) groups is 1. The Hall–Kier alpha value is -0.610. The smallest absolute Gasteiger partial charge is 0.306 e. The van der Waals surface area contributed by atoms with Gasteiger partial charge >= 0.3 is 5.97 Å². The Labute approximate surface area is 309 Å². The van der Waals surface area contributed by atoms with E-state index in [1.54, 1.807) is 0 Å². The van der Waals surface area contributed by atoms with Gasteiger partial charge in [-0.25, -0.2) is 0 Å². The van der Waals surface area contributed by atoms with E-state index in [0.29, 0.717) is 30.1 Å². The van der Waals surface area contributed by atoms with Crippen LogP contribution < -0.4 is 0 Å². The summed E-state index contributed by atoms with van der Waals surface area (Å²) >= 11 is 0. The van der Waals surface area contributed by atoms with E-state index in [2.05, 4.69) is 48.5 Å². The van der Waals surface area contributed by atoms with Crippen molar-refractivity contribution in [3.63, 3.8) is 0 Å². The quantitative estimate of drug-likeness (QED) is 0.124. The monoisotopic (exact) mass is 699 g/mol. The average molecular weight is 699 g/mol. The van der Waals surface area contributed by atoms with Gasteiger partial charge in [-0.05, 0) is 129 Å². The van der Waals surface area contributed by atoms with Crippen molar-refractivity contribution in [1.29, 1.82) is 0 Å². The molecule has 11 unspecified atom stereocenters. The molecule has 4 nitrogen and oxygen atoms in total. The number of ether oxygens (including phenoxy) is 1. The van der Waals surface area contributed by atoms with Crippen LogP contribution in [0.15, 0.2) is 0 Å². The summed E-state index contributed by atoms with van der Waals surface area (Å²) in [4.78, 5) is 13.2. The number of fused-ring (bicyclic) bond motifs is 7. The number of aliphatic hydroxyl groups excluding tert-OH is 1. The summed E-state index contributed by atoms with van der Waals surface area (Å²) in [5.41, 5.74) is -0.420. The van der Waals surface area contributed by atoms with Crippen LogP contribution in [0.3, 0.4) is 0 Å². The molecule has 0 aromatic heterocycles. The third-order valence-corrected chi connectivity index (χ3v) is 17.5. The van der Waals surface area contributed by atoms with Crippen LogP contribution in [0.25, 0.3) is 0 Å². The van der Waals surface area contributed by atoms with Crippen molar-refractivity contribution in [2.45, 2.75) is 228 Å². The van der Waals surface area contributed by atoms with Crippen molar-refractivity contribution in [3.05, 3.63) is 0 Å². The van der Waals surface area contributed by atoms with Crippen molar-refractivity contribution in [2.24, 2.45) is 56.7 Å². The van der Waals surface area contributed by atoms with Crippen LogP contribution in [0.5, 0.6) is 0 Å². The zero-order chi connectivity index (χ0) is 36.6. The molecule has 0 aliphatic heterocycles. The van der Waals surface area contributed by atoms with Crippen molar-refractivity contribution in [1.82, 2.24) is 0 Å². The minimum Gasteiger partial charge on any atom is -0.462 e. The van der Waals surface area contributed by atoms with E-state index in [1.165, 1.54) is 96.3 Å². The topological polar surface area (TPSA) is 66.8 Å². The van der Waals surface area contributed by atoms with E-state index >= 15 is 0 Å². The third-order valence-electron chi connectivity index (χ3n) is 17.5. The van der Waals surface area contributed by atoms with Crippen molar-refractivity contribution >= 4 is 5.97 Å². The molecular formula is C46H82O4. The fourth-order valence-corrected chi connectivity index (χ4v) is 14.5. The first-order valence-corrected chi connectivity index (χ1v) is 22.1. The highest BCUT2D eigenvalue weighted by atomic mass is 16.5. The summed E-state index contributed by atoms with van der Waals surface area (Å²) in [5.74, 6) is 2.34. The molecule has 5 aliphatic carbocycles. The second-order valence-corrected chi connectivity index (χ2v) is 21.0.